The number of rotatable bonds is 7. The summed E-state index contributed by atoms with van der Waals surface area (Å²) in [5.74, 6) is -0.647. The van der Waals surface area contributed by atoms with Crippen molar-refractivity contribution < 1.29 is 22.3 Å². The molecule has 0 aliphatic carbocycles. The van der Waals surface area contributed by atoms with Crippen LogP contribution in [0.25, 0.3) is 0 Å². The maximum Gasteiger partial charge on any atom is 0.314 e. The highest BCUT2D eigenvalue weighted by molar-refractivity contribution is 5.79. The van der Waals surface area contributed by atoms with Crippen molar-refractivity contribution in [2.24, 2.45) is 10.9 Å². The molecule has 3 heterocycles. The summed E-state index contributed by atoms with van der Waals surface area (Å²) in [6.07, 6.45) is 4.84. The van der Waals surface area contributed by atoms with Crippen LogP contribution in [0.2, 0.25) is 0 Å². The second kappa shape index (κ2) is 8.33. The minimum atomic E-state index is -2.74. The van der Waals surface area contributed by atoms with Gasteiger partial charge in [0.15, 0.2) is 6.23 Å². The van der Waals surface area contributed by atoms with Gasteiger partial charge in [-0.2, -0.15) is 8.78 Å². The number of nitrogens with zero attached hydrogens (tertiary/aromatic N) is 4. The topological polar surface area (TPSA) is 76.4 Å². The average Bonchev–Trinajstić information content (AvgIpc) is 3.10. The molecule has 2 aliphatic rings. The normalized spacial score (nSPS) is 22.4. The first-order valence-electron chi connectivity index (χ1n) is 8.10. The van der Waals surface area contributed by atoms with E-state index in [9.17, 15) is 17.6 Å². The Morgan fingerprint density at radius 3 is 2.85 bits per heavy atom. The molecule has 0 aromatic carbocycles. The maximum atomic E-state index is 12.6. The molecule has 0 spiro atoms. The number of methoxy groups -OCH3 is 1. The summed E-state index contributed by atoms with van der Waals surface area (Å²) in [5, 5.41) is 8.56. The molecule has 11 heteroatoms. The SMILES string of the molecule is COC1N=CC(Cn2cnc(C(F)F)n2)=CC1C1=CCNC(NC(F)F)=C1. The van der Waals surface area contributed by atoms with Crippen LogP contribution in [0.3, 0.4) is 0 Å². The Morgan fingerprint density at radius 2 is 2.19 bits per heavy atom. The van der Waals surface area contributed by atoms with E-state index in [1.807, 2.05) is 17.5 Å². The Labute approximate surface area is 152 Å². The number of halogens is 4. The highest BCUT2D eigenvalue weighted by Gasteiger charge is 2.26. The Bertz CT molecular complexity index is 786. The lowest BCUT2D eigenvalue weighted by Crippen LogP contribution is -2.34. The maximum absolute atomic E-state index is 12.6. The van der Waals surface area contributed by atoms with Crippen LogP contribution in [-0.4, -0.2) is 47.4 Å². The predicted molar refractivity (Wildman–Crippen MR) is 89.1 cm³/mol. The number of hydrogen-bond donors (Lipinski definition) is 2. The van der Waals surface area contributed by atoms with Crippen molar-refractivity contribution in [3.8, 4) is 0 Å². The molecule has 2 aliphatic heterocycles. The second-order valence-electron chi connectivity index (χ2n) is 5.86. The first-order valence-corrected chi connectivity index (χ1v) is 8.10. The van der Waals surface area contributed by atoms with Gasteiger partial charge in [0.05, 0.1) is 6.54 Å². The zero-order valence-electron chi connectivity index (χ0n) is 14.3. The zero-order valence-corrected chi connectivity index (χ0v) is 14.3. The number of aliphatic imine (C=N–C) groups is 1. The molecular weight excluding hydrogens is 368 g/mol. The summed E-state index contributed by atoms with van der Waals surface area (Å²) < 4.78 is 57.0. The number of aromatic nitrogens is 3. The lowest BCUT2D eigenvalue weighted by atomic mass is 9.91. The Kier molecular flexibility index (Phi) is 5.89. The quantitative estimate of drug-likeness (QED) is 0.554. The van der Waals surface area contributed by atoms with Crippen molar-refractivity contribution in [3.05, 3.63) is 47.3 Å². The van der Waals surface area contributed by atoms with Gasteiger partial charge in [0.25, 0.3) is 6.43 Å². The Morgan fingerprint density at radius 1 is 1.37 bits per heavy atom. The summed E-state index contributed by atoms with van der Waals surface area (Å²) in [4.78, 5) is 7.88. The molecule has 2 unspecified atom stereocenters. The van der Waals surface area contributed by atoms with E-state index in [0.717, 1.165) is 11.1 Å². The van der Waals surface area contributed by atoms with Crippen LogP contribution in [0.1, 0.15) is 12.2 Å². The van der Waals surface area contributed by atoms with Crippen LogP contribution >= 0.6 is 0 Å². The molecule has 27 heavy (non-hydrogen) atoms. The van der Waals surface area contributed by atoms with Gasteiger partial charge >= 0.3 is 6.55 Å². The van der Waals surface area contributed by atoms with Crippen LogP contribution in [0.4, 0.5) is 17.6 Å². The van der Waals surface area contributed by atoms with Crippen LogP contribution in [0.5, 0.6) is 0 Å². The van der Waals surface area contributed by atoms with E-state index >= 15 is 0 Å². The summed E-state index contributed by atoms with van der Waals surface area (Å²) in [6.45, 7) is -2.11. The van der Waals surface area contributed by atoms with Crippen molar-refractivity contribution in [2.75, 3.05) is 13.7 Å². The van der Waals surface area contributed by atoms with Crippen molar-refractivity contribution in [3.63, 3.8) is 0 Å². The molecular formula is C16H18F4N6O. The van der Waals surface area contributed by atoms with Gasteiger partial charge in [-0.05, 0) is 17.2 Å². The van der Waals surface area contributed by atoms with Crippen molar-refractivity contribution in [2.45, 2.75) is 25.7 Å². The molecule has 0 bridgehead atoms. The summed E-state index contributed by atoms with van der Waals surface area (Å²) >= 11 is 0. The van der Waals surface area contributed by atoms with Gasteiger partial charge in [0.2, 0.25) is 5.82 Å². The lowest BCUT2D eigenvalue weighted by Gasteiger charge is -2.28. The fraction of sp³-hybridized carbons (Fsp3) is 0.438. The number of allylic oxidation sites excluding steroid dienone is 2. The first kappa shape index (κ1) is 19.1. The fourth-order valence-corrected chi connectivity index (χ4v) is 2.85. The molecule has 0 radical (unpaired) electrons. The van der Waals surface area contributed by atoms with Crippen LogP contribution in [0.15, 0.2) is 46.5 Å². The summed E-state index contributed by atoms with van der Waals surface area (Å²) in [5.41, 5.74) is 1.47. The standard InChI is InChI=1S/C16H18F4N6O/c1-27-15-11(10-2-3-21-12(5-10)24-16(19)20)4-9(6-22-15)7-26-8-23-14(25-26)13(17)18/h2,4-6,8,11,13,15-16,21,24H,3,7H2,1H3. The van der Waals surface area contributed by atoms with Gasteiger partial charge < -0.3 is 15.4 Å². The van der Waals surface area contributed by atoms with Gasteiger partial charge in [-0.15, -0.1) is 5.10 Å². The zero-order chi connectivity index (χ0) is 19.4. The fourth-order valence-electron chi connectivity index (χ4n) is 2.85. The molecule has 0 fully saturated rings. The van der Waals surface area contributed by atoms with Crippen LogP contribution < -0.4 is 10.6 Å². The lowest BCUT2D eigenvalue weighted by molar-refractivity contribution is 0.0864. The van der Waals surface area contributed by atoms with Crippen molar-refractivity contribution in [1.82, 2.24) is 25.4 Å². The van der Waals surface area contributed by atoms with E-state index in [-0.39, 0.29) is 18.3 Å². The monoisotopic (exact) mass is 386 g/mol. The molecule has 0 amide bonds. The second-order valence-corrected chi connectivity index (χ2v) is 5.86. The van der Waals surface area contributed by atoms with E-state index in [0.29, 0.717) is 6.54 Å². The molecule has 2 N–H and O–H groups in total. The van der Waals surface area contributed by atoms with Crippen LogP contribution in [0, 0.1) is 5.92 Å². The smallest absolute Gasteiger partial charge is 0.314 e. The first-order chi connectivity index (χ1) is 13.0. The summed E-state index contributed by atoms with van der Waals surface area (Å²) in [6, 6.07) is 0. The highest BCUT2D eigenvalue weighted by atomic mass is 19.3. The van der Waals surface area contributed by atoms with E-state index in [2.05, 4.69) is 20.4 Å². The van der Waals surface area contributed by atoms with Gasteiger partial charge in [-0.25, -0.2) is 18.4 Å². The molecule has 2 atom stereocenters. The largest absolute Gasteiger partial charge is 0.368 e. The van der Waals surface area contributed by atoms with E-state index in [1.54, 1.807) is 12.3 Å². The van der Waals surface area contributed by atoms with E-state index in [1.165, 1.54) is 18.1 Å². The Balaban J connectivity index is 1.79. The van der Waals surface area contributed by atoms with Gasteiger partial charge in [0.1, 0.15) is 12.1 Å². The van der Waals surface area contributed by atoms with E-state index in [4.69, 9.17) is 4.74 Å². The molecule has 0 saturated carbocycles. The predicted octanol–water partition coefficient (Wildman–Crippen LogP) is 2.00. The molecule has 3 rings (SSSR count). The molecule has 1 aromatic heterocycles. The molecule has 146 valence electrons. The third kappa shape index (κ3) is 4.73. The molecule has 1 aromatic rings. The van der Waals surface area contributed by atoms with E-state index < -0.39 is 25.0 Å². The minimum absolute atomic E-state index is 0.202. The Hall–Kier alpha value is -2.69. The third-order valence-electron chi connectivity index (χ3n) is 4.01. The summed E-state index contributed by atoms with van der Waals surface area (Å²) in [7, 11) is 1.50. The number of nitrogens with one attached hydrogen (secondary N) is 2. The third-order valence-corrected chi connectivity index (χ3v) is 4.01. The van der Waals surface area contributed by atoms with Crippen LogP contribution in [-0.2, 0) is 11.3 Å². The van der Waals surface area contributed by atoms with Gasteiger partial charge in [0, 0.05) is 25.8 Å². The van der Waals surface area contributed by atoms with Gasteiger partial charge in [-0.3, -0.25) is 4.99 Å². The average molecular weight is 386 g/mol. The minimum Gasteiger partial charge on any atom is -0.368 e. The molecule has 0 saturated heterocycles. The van der Waals surface area contributed by atoms with Gasteiger partial charge in [-0.1, -0.05) is 12.2 Å². The number of dihydropyridines is 2. The number of ether oxygens (including phenoxy) is 1. The van der Waals surface area contributed by atoms with Crippen molar-refractivity contribution >= 4 is 6.21 Å². The number of hydrogen-bond acceptors (Lipinski definition) is 6. The highest BCUT2D eigenvalue weighted by Crippen LogP contribution is 2.28. The molecule has 7 nitrogen and oxygen atoms in total. The van der Waals surface area contributed by atoms with Crippen molar-refractivity contribution in [1.29, 1.82) is 0 Å². The number of alkyl halides is 4.